The predicted molar refractivity (Wildman–Crippen MR) is 45.6 cm³/mol. The summed E-state index contributed by atoms with van der Waals surface area (Å²) in [6, 6.07) is 5.24. The summed E-state index contributed by atoms with van der Waals surface area (Å²) in [7, 11) is 1.29. The van der Waals surface area contributed by atoms with Crippen LogP contribution in [-0.2, 0) is 4.84 Å². The Balaban J connectivity index is 2.63. The van der Waals surface area contributed by atoms with E-state index in [4.69, 9.17) is 0 Å². The third-order valence-corrected chi connectivity index (χ3v) is 1.32. The standard InChI is InChI=1S/C8H9FN2O2/c1-13-11-8(12)10-7-5-3-2-4-6(7)9/h2-5H,1H3,(H2,10,11,12). The van der Waals surface area contributed by atoms with Crippen molar-refractivity contribution in [1.82, 2.24) is 5.48 Å². The lowest BCUT2D eigenvalue weighted by molar-refractivity contribution is 0.114. The summed E-state index contributed by atoms with van der Waals surface area (Å²) in [4.78, 5) is 15.2. The van der Waals surface area contributed by atoms with Gasteiger partial charge in [-0.05, 0) is 12.1 Å². The number of anilines is 1. The Hall–Kier alpha value is -1.62. The summed E-state index contributed by atoms with van der Waals surface area (Å²) in [5.74, 6) is -0.492. The minimum Gasteiger partial charge on any atom is -0.303 e. The molecule has 2 amide bonds. The van der Waals surface area contributed by atoms with Crippen LogP contribution in [0.4, 0.5) is 14.9 Å². The maximum atomic E-state index is 12.9. The third-order valence-electron chi connectivity index (χ3n) is 1.32. The topological polar surface area (TPSA) is 50.4 Å². The van der Waals surface area contributed by atoms with E-state index in [1.54, 1.807) is 6.07 Å². The van der Waals surface area contributed by atoms with E-state index in [1.807, 2.05) is 5.48 Å². The molecular formula is C8H9FN2O2. The highest BCUT2D eigenvalue weighted by atomic mass is 19.1. The Kier molecular flexibility index (Phi) is 3.22. The van der Waals surface area contributed by atoms with Gasteiger partial charge in [0.25, 0.3) is 0 Å². The molecule has 0 radical (unpaired) electrons. The number of hydrogen-bond acceptors (Lipinski definition) is 2. The largest absolute Gasteiger partial charge is 0.343 e. The molecule has 70 valence electrons. The number of amides is 2. The van der Waals surface area contributed by atoms with E-state index in [9.17, 15) is 9.18 Å². The van der Waals surface area contributed by atoms with Crippen molar-refractivity contribution in [3.63, 3.8) is 0 Å². The summed E-state index contributed by atoms with van der Waals surface area (Å²) in [5, 5.41) is 2.26. The van der Waals surface area contributed by atoms with Crippen molar-refractivity contribution < 1.29 is 14.0 Å². The molecule has 0 saturated heterocycles. The highest BCUT2D eigenvalue weighted by molar-refractivity contribution is 5.88. The van der Waals surface area contributed by atoms with Gasteiger partial charge >= 0.3 is 6.03 Å². The normalized spacial score (nSPS) is 9.38. The van der Waals surface area contributed by atoms with Crippen LogP contribution in [0.25, 0.3) is 0 Å². The maximum Gasteiger partial charge on any atom is 0.343 e. The second-order valence-corrected chi connectivity index (χ2v) is 2.24. The summed E-state index contributed by atoms with van der Waals surface area (Å²) in [6.07, 6.45) is 0. The molecule has 0 bridgehead atoms. The Labute approximate surface area is 74.7 Å². The second-order valence-electron chi connectivity index (χ2n) is 2.24. The number of hydrogen-bond donors (Lipinski definition) is 2. The molecule has 1 aromatic rings. The molecule has 4 nitrogen and oxygen atoms in total. The van der Waals surface area contributed by atoms with Crippen LogP contribution in [0.5, 0.6) is 0 Å². The molecule has 0 aliphatic carbocycles. The predicted octanol–water partition coefficient (Wildman–Crippen LogP) is 1.51. The van der Waals surface area contributed by atoms with Gasteiger partial charge in [-0.1, -0.05) is 12.1 Å². The molecule has 0 aromatic heterocycles. The number of para-hydroxylation sites is 1. The Morgan fingerprint density at radius 1 is 1.46 bits per heavy atom. The van der Waals surface area contributed by atoms with E-state index < -0.39 is 11.8 Å². The molecule has 5 heteroatoms. The fourth-order valence-corrected chi connectivity index (χ4v) is 0.803. The zero-order chi connectivity index (χ0) is 9.68. The second kappa shape index (κ2) is 4.42. The van der Waals surface area contributed by atoms with Crippen LogP contribution in [0.2, 0.25) is 0 Å². The molecule has 0 heterocycles. The van der Waals surface area contributed by atoms with Crippen molar-refractivity contribution in [3.8, 4) is 0 Å². The lowest BCUT2D eigenvalue weighted by atomic mass is 10.3. The van der Waals surface area contributed by atoms with Crippen LogP contribution < -0.4 is 10.8 Å². The molecule has 0 aliphatic heterocycles. The number of halogens is 1. The summed E-state index contributed by atoms with van der Waals surface area (Å²) < 4.78 is 12.9. The zero-order valence-corrected chi connectivity index (χ0v) is 7.00. The lowest BCUT2D eigenvalue weighted by Gasteiger charge is -2.05. The van der Waals surface area contributed by atoms with Crippen molar-refractivity contribution in [2.24, 2.45) is 0 Å². The van der Waals surface area contributed by atoms with Gasteiger partial charge in [0.1, 0.15) is 5.82 Å². The summed E-state index contributed by atoms with van der Waals surface area (Å²) >= 11 is 0. The van der Waals surface area contributed by atoms with E-state index in [0.29, 0.717) is 0 Å². The van der Waals surface area contributed by atoms with Crippen molar-refractivity contribution in [3.05, 3.63) is 30.1 Å². The fraction of sp³-hybridized carbons (Fsp3) is 0.125. The molecular weight excluding hydrogens is 175 g/mol. The number of carbonyl (C=O) groups excluding carboxylic acids is 1. The van der Waals surface area contributed by atoms with Gasteiger partial charge in [-0.3, -0.25) is 4.84 Å². The van der Waals surface area contributed by atoms with E-state index in [0.717, 1.165) is 0 Å². The first-order valence-electron chi connectivity index (χ1n) is 3.58. The molecule has 2 N–H and O–H groups in total. The first-order chi connectivity index (χ1) is 6.24. The van der Waals surface area contributed by atoms with Crippen molar-refractivity contribution >= 4 is 11.7 Å². The first-order valence-corrected chi connectivity index (χ1v) is 3.58. The van der Waals surface area contributed by atoms with Crippen LogP contribution in [0, 0.1) is 5.82 Å². The van der Waals surface area contributed by atoms with Crippen LogP contribution >= 0.6 is 0 Å². The first kappa shape index (κ1) is 9.47. The Morgan fingerprint density at radius 3 is 2.77 bits per heavy atom. The molecule has 0 fully saturated rings. The summed E-state index contributed by atoms with van der Waals surface area (Å²) in [6.45, 7) is 0. The van der Waals surface area contributed by atoms with Gasteiger partial charge in [0.2, 0.25) is 0 Å². The van der Waals surface area contributed by atoms with Gasteiger partial charge in [-0.2, -0.15) is 0 Å². The van der Waals surface area contributed by atoms with Crippen LogP contribution in [-0.4, -0.2) is 13.1 Å². The lowest BCUT2D eigenvalue weighted by Crippen LogP contribution is -2.27. The SMILES string of the molecule is CONC(=O)Nc1ccccc1F. The number of nitrogens with one attached hydrogen (secondary N) is 2. The smallest absolute Gasteiger partial charge is 0.303 e. The quantitative estimate of drug-likeness (QED) is 0.684. The molecule has 0 spiro atoms. The van der Waals surface area contributed by atoms with Crippen LogP contribution in [0.1, 0.15) is 0 Å². The molecule has 0 atom stereocenters. The van der Waals surface area contributed by atoms with E-state index in [2.05, 4.69) is 10.2 Å². The molecule has 0 unspecified atom stereocenters. The fourth-order valence-electron chi connectivity index (χ4n) is 0.803. The number of rotatable bonds is 2. The Morgan fingerprint density at radius 2 is 2.15 bits per heavy atom. The molecule has 1 aromatic carbocycles. The molecule has 0 saturated carbocycles. The van der Waals surface area contributed by atoms with Crippen LogP contribution in [0.3, 0.4) is 0 Å². The zero-order valence-electron chi connectivity index (χ0n) is 7.00. The van der Waals surface area contributed by atoms with Gasteiger partial charge in [0.15, 0.2) is 0 Å². The molecule has 1 rings (SSSR count). The van der Waals surface area contributed by atoms with Crippen molar-refractivity contribution in [2.75, 3.05) is 12.4 Å². The van der Waals surface area contributed by atoms with Crippen molar-refractivity contribution in [2.45, 2.75) is 0 Å². The highest BCUT2D eigenvalue weighted by Gasteiger charge is 2.03. The number of benzene rings is 1. The van der Waals surface area contributed by atoms with Crippen LogP contribution in [0.15, 0.2) is 24.3 Å². The van der Waals surface area contributed by atoms with E-state index in [-0.39, 0.29) is 5.69 Å². The van der Waals surface area contributed by atoms with Gasteiger partial charge < -0.3 is 5.32 Å². The van der Waals surface area contributed by atoms with Gasteiger partial charge in [0.05, 0.1) is 12.8 Å². The minimum atomic E-state index is -0.618. The van der Waals surface area contributed by atoms with Crippen molar-refractivity contribution in [1.29, 1.82) is 0 Å². The van der Waals surface area contributed by atoms with E-state index in [1.165, 1.54) is 25.3 Å². The number of carbonyl (C=O) groups is 1. The van der Waals surface area contributed by atoms with E-state index >= 15 is 0 Å². The van der Waals surface area contributed by atoms with Gasteiger partial charge in [0, 0.05) is 0 Å². The van der Waals surface area contributed by atoms with Gasteiger partial charge in [-0.25, -0.2) is 14.7 Å². The summed E-state index contributed by atoms with van der Waals surface area (Å²) in [5.41, 5.74) is 2.11. The number of urea groups is 1. The third kappa shape index (κ3) is 2.72. The van der Waals surface area contributed by atoms with Gasteiger partial charge in [-0.15, -0.1) is 0 Å². The minimum absolute atomic E-state index is 0.108. The molecule has 0 aliphatic rings. The Bertz CT molecular complexity index is 304. The highest BCUT2D eigenvalue weighted by Crippen LogP contribution is 2.11. The maximum absolute atomic E-state index is 12.9. The molecule has 13 heavy (non-hydrogen) atoms. The average Bonchev–Trinajstić information content (AvgIpc) is 2.09. The monoisotopic (exact) mass is 184 g/mol. The average molecular weight is 184 g/mol. The number of hydroxylamine groups is 1.